The van der Waals surface area contributed by atoms with Gasteiger partial charge in [0.15, 0.2) is 0 Å². The van der Waals surface area contributed by atoms with Crippen LogP contribution >= 0.6 is 0 Å². The third-order valence-corrected chi connectivity index (χ3v) is 4.11. The Morgan fingerprint density at radius 1 is 1.05 bits per heavy atom. The van der Waals surface area contributed by atoms with Gasteiger partial charge >= 0.3 is 0 Å². The summed E-state index contributed by atoms with van der Waals surface area (Å²) < 4.78 is 0. The van der Waals surface area contributed by atoms with Gasteiger partial charge in [0.1, 0.15) is 0 Å². The zero-order valence-corrected chi connectivity index (χ0v) is 13.7. The number of nitrogens with one attached hydrogen (secondary N) is 1. The summed E-state index contributed by atoms with van der Waals surface area (Å²) in [5.74, 6) is 0.191. The van der Waals surface area contributed by atoms with Gasteiger partial charge < -0.3 is 21.7 Å². The van der Waals surface area contributed by atoms with Crippen molar-refractivity contribution in [2.75, 3.05) is 26.2 Å². The van der Waals surface area contributed by atoms with Gasteiger partial charge in [-0.25, -0.2) is 0 Å². The fraction of sp³-hybridized carbons (Fsp3) is 0.875. The second-order valence-corrected chi connectivity index (χ2v) is 6.08. The van der Waals surface area contributed by atoms with Crippen LogP contribution in [0.5, 0.6) is 0 Å². The molecule has 0 aromatic carbocycles. The van der Waals surface area contributed by atoms with Crippen molar-refractivity contribution in [3.05, 3.63) is 0 Å². The van der Waals surface area contributed by atoms with Crippen LogP contribution in [0, 0.1) is 0 Å². The van der Waals surface area contributed by atoms with Gasteiger partial charge in [0.2, 0.25) is 11.8 Å². The standard InChI is InChI=1S/C16H32N4O2/c17-10-4-1-2-9-15(21)19-11-5-3-8-14(18)16(22)20-12-6-7-13-20/h14H,1-13,17-18H2,(H,19,21)/t14-/m0/s1. The van der Waals surface area contributed by atoms with Gasteiger partial charge in [-0.05, 0) is 51.5 Å². The Labute approximate surface area is 134 Å². The minimum absolute atomic E-state index is 0.0847. The van der Waals surface area contributed by atoms with E-state index in [0.29, 0.717) is 25.9 Å². The van der Waals surface area contributed by atoms with E-state index >= 15 is 0 Å². The summed E-state index contributed by atoms with van der Waals surface area (Å²) in [5, 5.41) is 2.91. The van der Waals surface area contributed by atoms with Crippen molar-refractivity contribution in [2.24, 2.45) is 11.5 Å². The van der Waals surface area contributed by atoms with Crippen LogP contribution in [0.2, 0.25) is 0 Å². The minimum Gasteiger partial charge on any atom is -0.356 e. The smallest absolute Gasteiger partial charge is 0.239 e. The number of hydrogen-bond donors (Lipinski definition) is 3. The number of amides is 2. The number of nitrogens with two attached hydrogens (primary N) is 2. The maximum absolute atomic E-state index is 12.0. The van der Waals surface area contributed by atoms with E-state index in [-0.39, 0.29) is 17.9 Å². The second kappa shape index (κ2) is 11.4. The Kier molecular flexibility index (Phi) is 9.82. The molecule has 2 amide bonds. The molecule has 1 saturated heterocycles. The predicted molar refractivity (Wildman–Crippen MR) is 88.2 cm³/mol. The molecule has 0 spiro atoms. The van der Waals surface area contributed by atoms with Crippen LogP contribution in [-0.4, -0.2) is 48.9 Å². The highest BCUT2D eigenvalue weighted by Gasteiger charge is 2.22. The highest BCUT2D eigenvalue weighted by molar-refractivity contribution is 5.81. The van der Waals surface area contributed by atoms with Gasteiger partial charge in [-0.15, -0.1) is 0 Å². The molecule has 1 fully saturated rings. The zero-order valence-electron chi connectivity index (χ0n) is 13.7. The Hall–Kier alpha value is -1.14. The highest BCUT2D eigenvalue weighted by Crippen LogP contribution is 2.10. The first-order valence-corrected chi connectivity index (χ1v) is 8.66. The normalized spacial score (nSPS) is 15.8. The first-order valence-electron chi connectivity index (χ1n) is 8.66. The van der Waals surface area contributed by atoms with Crippen LogP contribution < -0.4 is 16.8 Å². The van der Waals surface area contributed by atoms with E-state index < -0.39 is 0 Å². The molecule has 0 saturated carbocycles. The molecule has 1 rings (SSSR count). The number of likely N-dealkylation sites (tertiary alicyclic amines) is 1. The maximum Gasteiger partial charge on any atom is 0.239 e. The van der Waals surface area contributed by atoms with Crippen molar-refractivity contribution < 1.29 is 9.59 Å². The van der Waals surface area contributed by atoms with E-state index in [2.05, 4.69) is 5.32 Å². The summed E-state index contributed by atoms with van der Waals surface area (Å²) in [6, 6.07) is -0.384. The maximum atomic E-state index is 12.0. The Bertz CT molecular complexity index is 330. The molecular formula is C16H32N4O2. The molecule has 0 aromatic rings. The SMILES string of the molecule is NCCCCCC(=O)NCCCC[C@H](N)C(=O)N1CCCC1. The molecule has 0 aromatic heterocycles. The third kappa shape index (κ3) is 7.75. The Balaban J connectivity index is 1.97. The monoisotopic (exact) mass is 312 g/mol. The van der Waals surface area contributed by atoms with Crippen molar-refractivity contribution in [2.45, 2.75) is 63.8 Å². The van der Waals surface area contributed by atoms with E-state index in [9.17, 15) is 9.59 Å². The second-order valence-electron chi connectivity index (χ2n) is 6.08. The molecule has 128 valence electrons. The van der Waals surface area contributed by atoms with Gasteiger partial charge in [-0.3, -0.25) is 9.59 Å². The van der Waals surface area contributed by atoms with Crippen molar-refractivity contribution in [1.29, 1.82) is 0 Å². The number of hydrogen-bond acceptors (Lipinski definition) is 4. The predicted octanol–water partition coefficient (Wildman–Crippen LogP) is 0.742. The number of rotatable bonds is 11. The van der Waals surface area contributed by atoms with Crippen LogP contribution in [0.15, 0.2) is 0 Å². The molecule has 22 heavy (non-hydrogen) atoms. The summed E-state index contributed by atoms with van der Waals surface area (Å²) in [4.78, 5) is 25.4. The van der Waals surface area contributed by atoms with E-state index in [1.54, 1.807) is 0 Å². The van der Waals surface area contributed by atoms with Gasteiger partial charge in [0.05, 0.1) is 6.04 Å². The fourth-order valence-electron chi connectivity index (χ4n) is 2.71. The summed E-state index contributed by atoms with van der Waals surface area (Å²) in [6.45, 7) is 3.07. The van der Waals surface area contributed by atoms with Crippen LogP contribution in [0.1, 0.15) is 57.8 Å². The minimum atomic E-state index is -0.384. The molecule has 6 heteroatoms. The van der Waals surface area contributed by atoms with Gasteiger partial charge in [0, 0.05) is 26.1 Å². The van der Waals surface area contributed by atoms with E-state index in [4.69, 9.17) is 11.5 Å². The topological polar surface area (TPSA) is 101 Å². The molecule has 6 nitrogen and oxygen atoms in total. The molecule has 1 aliphatic rings. The van der Waals surface area contributed by atoms with E-state index in [0.717, 1.165) is 58.0 Å². The third-order valence-electron chi connectivity index (χ3n) is 4.11. The average molecular weight is 312 g/mol. The van der Waals surface area contributed by atoms with Gasteiger partial charge in [-0.1, -0.05) is 6.42 Å². The Morgan fingerprint density at radius 3 is 2.45 bits per heavy atom. The van der Waals surface area contributed by atoms with E-state index in [1.165, 1.54) is 0 Å². The molecule has 1 heterocycles. The van der Waals surface area contributed by atoms with Crippen molar-refractivity contribution in [1.82, 2.24) is 10.2 Å². The molecule has 5 N–H and O–H groups in total. The zero-order chi connectivity index (χ0) is 16.2. The summed E-state index contributed by atoms with van der Waals surface area (Å²) in [7, 11) is 0. The lowest BCUT2D eigenvalue weighted by Crippen LogP contribution is -2.42. The molecule has 1 aliphatic heterocycles. The average Bonchev–Trinajstić information content (AvgIpc) is 3.04. The van der Waals surface area contributed by atoms with Crippen molar-refractivity contribution in [3.63, 3.8) is 0 Å². The first kappa shape index (κ1) is 18.9. The van der Waals surface area contributed by atoms with Crippen LogP contribution in [0.25, 0.3) is 0 Å². The molecule has 0 aliphatic carbocycles. The van der Waals surface area contributed by atoms with Crippen LogP contribution in [0.3, 0.4) is 0 Å². The van der Waals surface area contributed by atoms with Crippen molar-refractivity contribution >= 4 is 11.8 Å². The van der Waals surface area contributed by atoms with Crippen LogP contribution in [0.4, 0.5) is 0 Å². The highest BCUT2D eigenvalue weighted by atomic mass is 16.2. The molecule has 0 bridgehead atoms. The molecular weight excluding hydrogens is 280 g/mol. The molecule has 1 atom stereocenters. The molecule has 0 unspecified atom stereocenters. The summed E-state index contributed by atoms with van der Waals surface area (Å²) in [6.07, 6.45) is 8.09. The van der Waals surface area contributed by atoms with Gasteiger partial charge in [0.25, 0.3) is 0 Å². The first-order chi connectivity index (χ1) is 10.6. The van der Waals surface area contributed by atoms with Crippen molar-refractivity contribution in [3.8, 4) is 0 Å². The molecule has 0 radical (unpaired) electrons. The lowest BCUT2D eigenvalue weighted by atomic mass is 10.1. The number of unbranched alkanes of at least 4 members (excludes halogenated alkanes) is 3. The summed E-state index contributed by atoms with van der Waals surface area (Å²) >= 11 is 0. The summed E-state index contributed by atoms with van der Waals surface area (Å²) in [5.41, 5.74) is 11.4. The Morgan fingerprint density at radius 2 is 1.77 bits per heavy atom. The van der Waals surface area contributed by atoms with Gasteiger partial charge in [-0.2, -0.15) is 0 Å². The number of carbonyl (C=O) groups is 2. The fourth-order valence-corrected chi connectivity index (χ4v) is 2.71. The lowest BCUT2D eigenvalue weighted by Gasteiger charge is -2.20. The quantitative estimate of drug-likeness (QED) is 0.490. The lowest BCUT2D eigenvalue weighted by molar-refractivity contribution is -0.131. The number of nitrogens with zero attached hydrogens (tertiary/aromatic N) is 1. The van der Waals surface area contributed by atoms with Crippen LogP contribution in [-0.2, 0) is 9.59 Å². The van der Waals surface area contributed by atoms with E-state index in [1.807, 2.05) is 4.90 Å². The largest absolute Gasteiger partial charge is 0.356 e. The number of carbonyl (C=O) groups excluding carboxylic acids is 2.